The first-order valence-corrected chi connectivity index (χ1v) is 10.2. The number of amides is 1. The van der Waals surface area contributed by atoms with Crippen molar-refractivity contribution in [2.75, 3.05) is 31.1 Å². The van der Waals surface area contributed by atoms with E-state index in [1.165, 1.54) is 12.1 Å². The molecule has 0 unspecified atom stereocenters. The van der Waals surface area contributed by atoms with Gasteiger partial charge in [-0.15, -0.1) is 0 Å². The smallest absolute Gasteiger partial charge is 0.368 e. The molecule has 0 aliphatic carbocycles. The van der Waals surface area contributed by atoms with Gasteiger partial charge in [0.15, 0.2) is 0 Å². The first-order chi connectivity index (χ1) is 14.9. The summed E-state index contributed by atoms with van der Waals surface area (Å²) in [6.07, 6.45) is 0.311. The molecule has 0 radical (unpaired) electrons. The largest absolute Gasteiger partial charge is 0.416 e. The van der Waals surface area contributed by atoms with Crippen LogP contribution in [-0.2, 0) is 17.4 Å². The van der Waals surface area contributed by atoms with Gasteiger partial charge in [-0.05, 0) is 42.3 Å². The highest BCUT2D eigenvalue weighted by molar-refractivity contribution is 5.76. The number of alkyl halides is 3. The molecule has 0 bridgehead atoms. The Bertz CT molecular complexity index is 1020. The predicted molar refractivity (Wildman–Crippen MR) is 112 cm³/mol. The van der Waals surface area contributed by atoms with E-state index >= 15 is 0 Å². The molecule has 2 heterocycles. The van der Waals surface area contributed by atoms with Gasteiger partial charge in [0.2, 0.25) is 5.91 Å². The van der Waals surface area contributed by atoms with Crippen molar-refractivity contribution in [1.82, 2.24) is 14.7 Å². The number of hydrogen-bond acceptors (Lipinski definition) is 3. The second-order valence-electron chi connectivity index (χ2n) is 7.54. The quantitative estimate of drug-likeness (QED) is 0.613. The molecule has 0 spiro atoms. The Morgan fingerprint density at radius 1 is 0.935 bits per heavy atom. The average molecular weight is 428 g/mol. The van der Waals surface area contributed by atoms with Crippen LogP contribution in [0.3, 0.4) is 0 Å². The topological polar surface area (TPSA) is 41.4 Å². The third-order valence-electron chi connectivity index (χ3n) is 5.46. The average Bonchev–Trinajstić information content (AvgIpc) is 3.27. The molecule has 1 amide bonds. The maximum absolute atomic E-state index is 12.9. The second kappa shape index (κ2) is 8.83. The van der Waals surface area contributed by atoms with Gasteiger partial charge in [-0.2, -0.15) is 18.3 Å². The van der Waals surface area contributed by atoms with Gasteiger partial charge in [0.05, 0.1) is 17.4 Å². The van der Waals surface area contributed by atoms with Gasteiger partial charge in [-0.25, -0.2) is 4.68 Å². The number of benzene rings is 2. The molecule has 0 atom stereocenters. The highest BCUT2D eigenvalue weighted by atomic mass is 19.4. The van der Waals surface area contributed by atoms with E-state index in [9.17, 15) is 18.0 Å². The summed E-state index contributed by atoms with van der Waals surface area (Å²) in [5, 5.41) is 4.35. The lowest BCUT2D eigenvalue weighted by molar-refractivity contribution is -0.137. The van der Waals surface area contributed by atoms with Crippen LogP contribution in [-0.4, -0.2) is 46.8 Å². The maximum atomic E-state index is 12.9. The molecule has 31 heavy (non-hydrogen) atoms. The minimum atomic E-state index is -4.36. The van der Waals surface area contributed by atoms with Gasteiger partial charge in [-0.3, -0.25) is 4.79 Å². The highest BCUT2D eigenvalue weighted by Crippen LogP contribution is 2.31. The van der Waals surface area contributed by atoms with Crippen molar-refractivity contribution in [3.8, 4) is 5.69 Å². The van der Waals surface area contributed by atoms with Crippen molar-refractivity contribution in [2.24, 2.45) is 0 Å². The van der Waals surface area contributed by atoms with Gasteiger partial charge < -0.3 is 9.80 Å². The highest BCUT2D eigenvalue weighted by Gasteiger charge is 2.31. The number of nitrogens with zero attached hydrogens (tertiary/aromatic N) is 4. The number of anilines is 1. The molecule has 2 aromatic carbocycles. The van der Waals surface area contributed by atoms with Crippen LogP contribution >= 0.6 is 0 Å². The van der Waals surface area contributed by atoms with E-state index in [4.69, 9.17) is 0 Å². The third-order valence-corrected chi connectivity index (χ3v) is 5.46. The maximum Gasteiger partial charge on any atom is 0.416 e. The summed E-state index contributed by atoms with van der Waals surface area (Å²) in [5.74, 6) is 0.0520. The summed E-state index contributed by atoms with van der Waals surface area (Å²) in [5.41, 5.74) is 1.83. The van der Waals surface area contributed by atoms with Crippen LogP contribution in [0.5, 0.6) is 0 Å². The van der Waals surface area contributed by atoms with E-state index < -0.39 is 11.7 Å². The zero-order valence-electron chi connectivity index (χ0n) is 16.9. The fourth-order valence-electron chi connectivity index (χ4n) is 3.71. The van der Waals surface area contributed by atoms with Crippen LogP contribution < -0.4 is 4.90 Å². The van der Waals surface area contributed by atoms with Gasteiger partial charge in [-0.1, -0.05) is 24.3 Å². The number of rotatable bonds is 5. The Kier molecular flexibility index (Phi) is 5.97. The molecule has 1 aromatic heterocycles. The number of aromatic nitrogens is 2. The number of halogens is 3. The third kappa shape index (κ3) is 5.07. The van der Waals surface area contributed by atoms with Crippen LogP contribution in [0.1, 0.15) is 17.5 Å². The monoisotopic (exact) mass is 428 g/mol. The van der Waals surface area contributed by atoms with Crippen molar-refractivity contribution in [3.63, 3.8) is 0 Å². The Morgan fingerprint density at radius 2 is 1.65 bits per heavy atom. The summed E-state index contributed by atoms with van der Waals surface area (Å²) in [6, 6.07) is 15.1. The van der Waals surface area contributed by atoms with Crippen LogP contribution in [0.15, 0.2) is 67.0 Å². The predicted octanol–water partition coefficient (Wildman–Crippen LogP) is 4.17. The molecule has 1 saturated heterocycles. The van der Waals surface area contributed by atoms with Crippen molar-refractivity contribution in [1.29, 1.82) is 0 Å². The summed E-state index contributed by atoms with van der Waals surface area (Å²) in [4.78, 5) is 16.3. The lowest BCUT2D eigenvalue weighted by Crippen LogP contribution is -2.48. The molecule has 5 nitrogen and oxygen atoms in total. The van der Waals surface area contributed by atoms with Crippen LogP contribution in [0, 0.1) is 0 Å². The number of carbonyl (C=O) groups is 1. The number of piperazine rings is 1. The van der Waals surface area contributed by atoms with Crippen molar-refractivity contribution in [3.05, 3.63) is 78.1 Å². The molecule has 162 valence electrons. The molecule has 1 aliphatic rings. The molecule has 3 aromatic rings. The lowest BCUT2D eigenvalue weighted by Gasteiger charge is -2.36. The fraction of sp³-hybridized carbons (Fsp3) is 0.304. The normalized spacial score (nSPS) is 14.7. The fourth-order valence-corrected chi connectivity index (χ4v) is 3.71. The molecule has 4 rings (SSSR count). The molecule has 1 aliphatic heterocycles. The lowest BCUT2D eigenvalue weighted by atomic mass is 10.1. The standard InChI is InChI=1S/C23H23F3N4O/c24-23(25,26)19-5-4-8-21(15-19)28-11-13-29(14-12-28)22(31)10-9-18-16-27-30(17-18)20-6-2-1-3-7-20/h1-8,15-17H,9-14H2. The summed E-state index contributed by atoms with van der Waals surface area (Å²) in [6.45, 7) is 2.02. The van der Waals surface area contributed by atoms with Gasteiger partial charge >= 0.3 is 6.18 Å². The minimum Gasteiger partial charge on any atom is -0.368 e. The van der Waals surface area contributed by atoms with Gasteiger partial charge in [0.25, 0.3) is 0 Å². The Morgan fingerprint density at radius 3 is 2.35 bits per heavy atom. The number of hydrogen-bond donors (Lipinski definition) is 0. The van der Waals surface area contributed by atoms with Gasteiger partial charge in [0.1, 0.15) is 0 Å². The number of para-hydroxylation sites is 1. The van der Waals surface area contributed by atoms with Crippen molar-refractivity contribution >= 4 is 11.6 Å². The Hall–Kier alpha value is -3.29. The van der Waals surface area contributed by atoms with Crippen LogP contribution in [0.25, 0.3) is 5.69 Å². The second-order valence-corrected chi connectivity index (χ2v) is 7.54. The number of carbonyl (C=O) groups excluding carboxylic acids is 1. The van der Waals surface area contributed by atoms with E-state index in [-0.39, 0.29) is 5.91 Å². The zero-order valence-corrected chi connectivity index (χ0v) is 16.9. The molecular formula is C23H23F3N4O. The van der Waals surface area contributed by atoms with Crippen LogP contribution in [0.2, 0.25) is 0 Å². The minimum absolute atomic E-state index is 0.0520. The number of aryl methyl sites for hydroxylation is 1. The van der Waals surface area contributed by atoms with Crippen molar-refractivity contribution < 1.29 is 18.0 Å². The Balaban J connectivity index is 1.29. The summed E-state index contributed by atoms with van der Waals surface area (Å²) in [7, 11) is 0. The molecule has 0 saturated carbocycles. The first-order valence-electron chi connectivity index (χ1n) is 10.2. The molecular weight excluding hydrogens is 405 g/mol. The zero-order chi connectivity index (χ0) is 21.8. The van der Waals surface area contributed by atoms with Crippen molar-refractivity contribution in [2.45, 2.75) is 19.0 Å². The first kappa shape index (κ1) is 21.0. The van der Waals surface area contributed by atoms with E-state index in [1.807, 2.05) is 41.4 Å². The molecule has 1 fully saturated rings. The van der Waals surface area contributed by atoms with Crippen LogP contribution in [0.4, 0.5) is 18.9 Å². The van der Waals surface area contributed by atoms with E-state index in [0.29, 0.717) is 44.7 Å². The molecule has 8 heteroatoms. The summed E-state index contributed by atoms with van der Waals surface area (Å²) >= 11 is 0. The van der Waals surface area contributed by atoms with E-state index in [0.717, 1.165) is 17.3 Å². The Labute approximate surface area is 178 Å². The molecule has 0 N–H and O–H groups in total. The van der Waals surface area contributed by atoms with Gasteiger partial charge in [0, 0.05) is 44.5 Å². The SMILES string of the molecule is O=C(CCc1cnn(-c2ccccc2)c1)N1CCN(c2cccc(C(F)(F)F)c2)CC1. The summed E-state index contributed by atoms with van der Waals surface area (Å²) < 4.78 is 40.6. The van der Waals surface area contributed by atoms with E-state index in [2.05, 4.69) is 5.10 Å². The van der Waals surface area contributed by atoms with E-state index in [1.54, 1.807) is 21.8 Å².